The van der Waals surface area contributed by atoms with Crippen molar-refractivity contribution in [2.75, 3.05) is 12.3 Å². The van der Waals surface area contributed by atoms with Gasteiger partial charge in [0.05, 0.1) is 6.20 Å². The van der Waals surface area contributed by atoms with Crippen LogP contribution in [-0.2, 0) is 0 Å². The number of ketones is 1. The fraction of sp³-hybridized carbons (Fsp3) is 0.318. The second kappa shape index (κ2) is 7.92. The molecular weight excluding hydrogens is 394 g/mol. The summed E-state index contributed by atoms with van der Waals surface area (Å²) in [7, 11) is 0. The van der Waals surface area contributed by atoms with E-state index in [1.165, 1.54) is 12.5 Å². The average molecular weight is 417 g/mol. The summed E-state index contributed by atoms with van der Waals surface area (Å²) in [4.78, 5) is 30.7. The number of oxazole rings is 1. The van der Waals surface area contributed by atoms with Gasteiger partial charge in [0, 0.05) is 36.1 Å². The van der Waals surface area contributed by atoms with Gasteiger partial charge in [-0.25, -0.2) is 19.9 Å². The number of nitrogen functional groups attached to an aromatic ring is 1. The van der Waals surface area contributed by atoms with Crippen LogP contribution in [0.25, 0.3) is 28.5 Å². The van der Waals surface area contributed by atoms with Gasteiger partial charge in [0.25, 0.3) is 0 Å². The standard InChI is InChI=1S/C22H23N7O2/c1-13-11-26-17-7-4-14(12-29(13)17)18-20(22-25-9-10-31-22)28-21(23)19(27-18)16(30)6-5-15-3-2-8-24-15/h4,7,9-12,15,24H,2-3,5-6,8H2,1H3,(H2,23,28)/t15-/m1/s1. The van der Waals surface area contributed by atoms with Crippen molar-refractivity contribution in [3.8, 4) is 22.8 Å². The molecule has 31 heavy (non-hydrogen) atoms. The van der Waals surface area contributed by atoms with Gasteiger partial charge in [0.1, 0.15) is 23.3 Å². The van der Waals surface area contributed by atoms with Gasteiger partial charge in [-0.2, -0.15) is 0 Å². The first-order valence-electron chi connectivity index (χ1n) is 10.4. The molecule has 1 saturated heterocycles. The average Bonchev–Trinajstić information content (AvgIpc) is 3.55. The van der Waals surface area contributed by atoms with Gasteiger partial charge in [0.15, 0.2) is 17.3 Å². The van der Waals surface area contributed by atoms with E-state index in [9.17, 15) is 4.79 Å². The summed E-state index contributed by atoms with van der Waals surface area (Å²) in [5.74, 6) is 0.269. The molecule has 0 unspecified atom stereocenters. The lowest BCUT2D eigenvalue weighted by molar-refractivity contribution is 0.0972. The summed E-state index contributed by atoms with van der Waals surface area (Å²) in [5.41, 5.74) is 9.81. The molecular formula is C22H23N7O2. The van der Waals surface area contributed by atoms with Gasteiger partial charge in [-0.1, -0.05) is 0 Å². The molecule has 0 spiro atoms. The van der Waals surface area contributed by atoms with Crippen LogP contribution in [0.15, 0.2) is 41.4 Å². The summed E-state index contributed by atoms with van der Waals surface area (Å²) >= 11 is 0. The predicted molar refractivity (Wildman–Crippen MR) is 115 cm³/mol. The van der Waals surface area contributed by atoms with E-state index in [2.05, 4.69) is 25.3 Å². The van der Waals surface area contributed by atoms with Crippen molar-refractivity contribution >= 4 is 17.2 Å². The maximum atomic E-state index is 13.0. The number of rotatable bonds is 6. The molecule has 1 aliphatic heterocycles. The predicted octanol–water partition coefficient (Wildman–Crippen LogP) is 3.05. The van der Waals surface area contributed by atoms with Crippen LogP contribution < -0.4 is 11.1 Å². The Kier molecular flexibility index (Phi) is 4.95. The Morgan fingerprint density at radius 3 is 2.97 bits per heavy atom. The van der Waals surface area contributed by atoms with E-state index in [-0.39, 0.29) is 17.3 Å². The number of nitrogens with zero attached hydrogens (tertiary/aromatic N) is 5. The monoisotopic (exact) mass is 417 g/mol. The zero-order chi connectivity index (χ0) is 21.4. The number of Topliss-reactive ketones (excluding diaryl/α,β-unsaturated/α-hetero) is 1. The molecule has 0 bridgehead atoms. The Balaban J connectivity index is 1.57. The zero-order valence-electron chi connectivity index (χ0n) is 17.2. The summed E-state index contributed by atoms with van der Waals surface area (Å²) in [6, 6.07) is 4.16. The van der Waals surface area contributed by atoms with Gasteiger partial charge >= 0.3 is 0 Å². The molecule has 0 radical (unpaired) electrons. The van der Waals surface area contributed by atoms with Gasteiger partial charge in [-0.15, -0.1) is 0 Å². The Morgan fingerprint density at radius 2 is 2.19 bits per heavy atom. The highest BCUT2D eigenvalue weighted by atomic mass is 16.3. The highest BCUT2D eigenvalue weighted by molar-refractivity contribution is 5.99. The van der Waals surface area contributed by atoms with Crippen molar-refractivity contribution in [3.05, 3.63) is 48.4 Å². The van der Waals surface area contributed by atoms with E-state index in [0.717, 1.165) is 42.7 Å². The van der Waals surface area contributed by atoms with Gasteiger partial charge < -0.3 is 19.9 Å². The van der Waals surface area contributed by atoms with E-state index in [4.69, 9.17) is 10.2 Å². The van der Waals surface area contributed by atoms with Gasteiger partial charge in [-0.3, -0.25) is 4.79 Å². The zero-order valence-corrected chi connectivity index (χ0v) is 17.2. The maximum Gasteiger partial charge on any atom is 0.247 e. The number of pyridine rings is 1. The Bertz CT molecular complexity index is 1240. The number of aryl methyl sites for hydroxylation is 1. The van der Waals surface area contributed by atoms with E-state index in [1.54, 1.807) is 6.20 Å². The van der Waals surface area contributed by atoms with Crippen LogP contribution >= 0.6 is 0 Å². The van der Waals surface area contributed by atoms with Crippen molar-refractivity contribution in [2.24, 2.45) is 0 Å². The first-order valence-corrected chi connectivity index (χ1v) is 10.4. The van der Waals surface area contributed by atoms with Crippen molar-refractivity contribution in [1.82, 2.24) is 29.7 Å². The van der Waals surface area contributed by atoms with Crippen LogP contribution in [0.4, 0.5) is 5.82 Å². The van der Waals surface area contributed by atoms with Crippen LogP contribution in [0.2, 0.25) is 0 Å². The Hall–Kier alpha value is -3.59. The fourth-order valence-corrected chi connectivity index (χ4v) is 4.01. The third kappa shape index (κ3) is 3.68. The molecule has 0 saturated carbocycles. The first-order chi connectivity index (χ1) is 15.1. The van der Waals surface area contributed by atoms with Gasteiger partial charge in [0.2, 0.25) is 5.89 Å². The van der Waals surface area contributed by atoms with Crippen LogP contribution in [0.3, 0.4) is 0 Å². The molecule has 4 aromatic heterocycles. The number of aromatic nitrogens is 5. The van der Waals surface area contributed by atoms with E-state index in [1.807, 2.05) is 29.7 Å². The van der Waals surface area contributed by atoms with Crippen LogP contribution in [-0.4, -0.2) is 42.7 Å². The second-order valence-electron chi connectivity index (χ2n) is 7.79. The number of anilines is 1. The van der Waals surface area contributed by atoms with E-state index >= 15 is 0 Å². The number of hydrogen-bond acceptors (Lipinski definition) is 8. The molecule has 9 heteroatoms. The molecule has 5 rings (SSSR count). The normalized spacial score (nSPS) is 16.2. The van der Waals surface area contributed by atoms with Crippen molar-refractivity contribution in [2.45, 2.75) is 38.6 Å². The molecule has 5 heterocycles. The summed E-state index contributed by atoms with van der Waals surface area (Å²) < 4.78 is 7.43. The lowest BCUT2D eigenvalue weighted by atomic mass is 10.0. The molecule has 3 N–H and O–H groups in total. The quantitative estimate of drug-likeness (QED) is 0.459. The molecule has 1 atom stereocenters. The van der Waals surface area contributed by atoms with Crippen molar-refractivity contribution in [1.29, 1.82) is 0 Å². The molecule has 9 nitrogen and oxygen atoms in total. The van der Waals surface area contributed by atoms with E-state index in [0.29, 0.717) is 29.7 Å². The number of imidazole rings is 1. The summed E-state index contributed by atoms with van der Waals surface area (Å²) in [5, 5.41) is 3.41. The topological polar surface area (TPSA) is 124 Å². The summed E-state index contributed by atoms with van der Waals surface area (Å²) in [6.07, 6.45) is 10.1. The molecule has 1 aliphatic rings. The van der Waals surface area contributed by atoms with Crippen molar-refractivity contribution in [3.63, 3.8) is 0 Å². The molecule has 0 amide bonds. The number of fused-ring (bicyclic) bond motifs is 1. The number of carbonyl (C=O) groups excluding carboxylic acids is 1. The number of nitrogens with two attached hydrogens (primary N) is 1. The SMILES string of the molecule is Cc1cnc2ccc(-c3nc(C(=O)CC[C@H]4CCCN4)c(N)nc3-c3ncco3)cn12. The van der Waals surface area contributed by atoms with E-state index < -0.39 is 0 Å². The number of nitrogens with one attached hydrogen (secondary N) is 1. The van der Waals surface area contributed by atoms with Crippen molar-refractivity contribution < 1.29 is 9.21 Å². The smallest absolute Gasteiger partial charge is 0.247 e. The van der Waals surface area contributed by atoms with Crippen LogP contribution in [0, 0.1) is 6.92 Å². The Morgan fingerprint density at radius 1 is 1.29 bits per heavy atom. The summed E-state index contributed by atoms with van der Waals surface area (Å²) in [6.45, 7) is 2.98. The molecule has 1 fully saturated rings. The highest BCUT2D eigenvalue weighted by Crippen LogP contribution is 2.31. The minimum atomic E-state index is -0.112. The third-order valence-electron chi connectivity index (χ3n) is 5.67. The maximum absolute atomic E-state index is 13.0. The molecule has 0 aromatic carbocycles. The highest BCUT2D eigenvalue weighted by Gasteiger charge is 2.23. The molecule has 4 aromatic rings. The lowest BCUT2D eigenvalue weighted by Gasteiger charge is -2.12. The largest absolute Gasteiger partial charge is 0.443 e. The second-order valence-corrected chi connectivity index (χ2v) is 7.79. The fourth-order valence-electron chi connectivity index (χ4n) is 4.01. The molecule has 0 aliphatic carbocycles. The first kappa shape index (κ1) is 19.4. The minimum absolute atomic E-state index is 0.0845. The minimum Gasteiger partial charge on any atom is -0.443 e. The molecule has 158 valence electrons. The lowest BCUT2D eigenvalue weighted by Crippen LogP contribution is -2.22. The number of hydrogen-bond donors (Lipinski definition) is 2. The van der Waals surface area contributed by atoms with Crippen LogP contribution in [0.5, 0.6) is 0 Å². The third-order valence-corrected chi connectivity index (χ3v) is 5.67. The number of carbonyl (C=O) groups is 1. The van der Waals surface area contributed by atoms with Gasteiger partial charge in [-0.05, 0) is 44.9 Å². The Labute approximate surface area is 178 Å². The van der Waals surface area contributed by atoms with Crippen LogP contribution in [0.1, 0.15) is 41.9 Å².